The minimum absolute atomic E-state index is 0.291. The summed E-state index contributed by atoms with van der Waals surface area (Å²) in [7, 11) is -1.61. The van der Waals surface area contributed by atoms with Crippen molar-refractivity contribution in [1.82, 2.24) is 0 Å². The van der Waals surface area contributed by atoms with Crippen molar-refractivity contribution in [3.05, 3.63) is 11.1 Å². The Balaban J connectivity index is 2.57. The van der Waals surface area contributed by atoms with E-state index in [1.165, 1.54) is 36.8 Å². The van der Waals surface area contributed by atoms with Gasteiger partial charge in [0.2, 0.25) is 0 Å². The highest BCUT2D eigenvalue weighted by Gasteiger charge is 2.36. The van der Waals surface area contributed by atoms with E-state index in [0.29, 0.717) is 5.04 Å². The van der Waals surface area contributed by atoms with Crippen LogP contribution < -0.4 is 0 Å². The summed E-state index contributed by atoms with van der Waals surface area (Å²) in [6.07, 6.45) is 12.8. The summed E-state index contributed by atoms with van der Waals surface area (Å²) in [5, 5.41) is 0.291. The Morgan fingerprint density at radius 2 is 1.79 bits per heavy atom. The van der Waals surface area contributed by atoms with Crippen molar-refractivity contribution in [1.29, 1.82) is 0 Å². The molecule has 0 saturated carbocycles. The first kappa shape index (κ1) is 16.5. The summed E-state index contributed by atoms with van der Waals surface area (Å²) >= 11 is 0. The van der Waals surface area contributed by atoms with Crippen molar-refractivity contribution in [3.63, 3.8) is 0 Å². The van der Waals surface area contributed by atoms with Crippen molar-refractivity contribution >= 4 is 8.32 Å². The first-order valence-electron chi connectivity index (χ1n) is 7.59. The topological polar surface area (TPSA) is 9.23 Å². The maximum Gasteiger partial charge on any atom is 0.191 e. The van der Waals surface area contributed by atoms with Gasteiger partial charge >= 0.3 is 0 Å². The van der Waals surface area contributed by atoms with Crippen LogP contribution in [0.4, 0.5) is 0 Å². The standard InChI is InChI=1S/C17H30OSi/c1-7-15-11-9-8-10-12-16(15)13-14-18-19(5,6)17(2,3)4/h1H,8-14H2,2-6H3. The first-order chi connectivity index (χ1) is 8.78. The van der Waals surface area contributed by atoms with E-state index >= 15 is 0 Å². The van der Waals surface area contributed by atoms with Crippen molar-refractivity contribution in [2.24, 2.45) is 0 Å². The third-order valence-corrected chi connectivity index (χ3v) is 9.22. The van der Waals surface area contributed by atoms with E-state index in [1.807, 2.05) is 0 Å². The summed E-state index contributed by atoms with van der Waals surface area (Å²) in [5.41, 5.74) is 2.75. The molecule has 0 amide bonds. The van der Waals surface area contributed by atoms with Gasteiger partial charge in [0.15, 0.2) is 8.32 Å². The first-order valence-corrected chi connectivity index (χ1v) is 10.5. The van der Waals surface area contributed by atoms with Crippen LogP contribution in [0.2, 0.25) is 18.1 Å². The van der Waals surface area contributed by atoms with E-state index in [-0.39, 0.29) is 0 Å². The summed E-state index contributed by atoms with van der Waals surface area (Å²) in [5.74, 6) is 2.91. The lowest BCUT2D eigenvalue weighted by Gasteiger charge is -2.36. The van der Waals surface area contributed by atoms with E-state index < -0.39 is 8.32 Å². The SMILES string of the molecule is C#CC1=C(CCO[Si](C)(C)C(C)(C)C)CCCCC1. The monoisotopic (exact) mass is 278 g/mol. The zero-order chi connectivity index (χ0) is 14.5. The van der Waals surface area contributed by atoms with Gasteiger partial charge in [-0.1, -0.05) is 38.7 Å². The summed E-state index contributed by atoms with van der Waals surface area (Å²) < 4.78 is 6.27. The fraction of sp³-hybridized carbons (Fsp3) is 0.765. The lowest BCUT2D eigenvalue weighted by molar-refractivity contribution is 0.290. The maximum absolute atomic E-state index is 6.27. The molecule has 0 aromatic heterocycles. The molecule has 0 aromatic carbocycles. The van der Waals surface area contributed by atoms with E-state index in [1.54, 1.807) is 0 Å². The van der Waals surface area contributed by atoms with Gasteiger partial charge in [0.1, 0.15) is 0 Å². The molecule has 0 atom stereocenters. The van der Waals surface area contributed by atoms with Gasteiger partial charge < -0.3 is 4.43 Å². The normalized spacial score (nSPS) is 18.1. The van der Waals surface area contributed by atoms with Gasteiger partial charge in [-0.3, -0.25) is 0 Å². The molecule has 0 radical (unpaired) electrons. The molecule has 0 bridgehead atoms. The van der Waals surface area contributed by atoms with Crippen molar-refractivity contribution in [2.75, 3.05) is 6.61 Å². The number of allylic oxidation sites excluding steroid dienone is 1. The highest BCUT2D eigenvalue weighted by atomic mass is 28.4. The van der Waals surface area contributed by atoms with Crippen LogP contribution in [0.3, 0.4) is 0 Å². The molecule has 19 heavy (non-hydrogen) atoms. The second kappa shape index (κ2) is 6.77. The van der Waals surface area contributed by atoms with Gasteiger partial charge in [-0.05, 0) is 50.2 Å². The molecular weight excluding hydrogens is 248 g/mol. The largest absolute Gasteiger partial charge is 0.417 e. The minimum atomic E-state index is -1.61. The molecule has 0 unspecified atom stereocenters. The van der Waals surface area contributed by atoms with Gasteiger partial charge in [0.25, 0.3) is 0 Å². The lowest BCUT2D eigenvalue weighted by atomic mass is 10.0. The molecule has 108 valence electrons. The smallest absolute Gasteiger partial charge is 0.191 e. The summed E-state index contributed by atoms with van der Waals surface area (Å²) in [6.45, 7) is 12.3. The van der Waals surface area contributed by atoms with Crippen molar-refractivity contribution < 1.29 is 4.43 Å². The van der Waals surface area contributed by atoms with Crippen molar-refractivity contribution in [3.8, 4) is 12.3 Å². The molecule has 0 aliphatic heterocycles. The van der Waals surface area contributed by atoms with Gasteiger partial charge in [0.05, 0.1) is 0 Å². The second-order valence-corrected chi connectivity index (χ2v) is 12.0. The van der Waals surface area contributed by atoms with Gasteiger partial charge in [-0.2, -0.15) is 0 Å². The predicted octanol–water partition coefficient (Wildman–Crippen LogP) is 5.29. The van der Waals surface area contributed by atoms with Crippen LogP contribution in [0.5, 0.6) is 0 Å². The molecule has 1 aliphatic rings. The van der Waals surface area contributed by atoms with Crippen molar-refractivity contribution in [2.45, 2.75) is 77.4 Å². The summed E-state index contributed by atoms with van der Waals surface area (Å²) in [6, 6.07) is 0. The average molecular weight is 279 g/mol. The number of rotatable bonds is 4. The average Bonchev–Trinajstić information content (AvgIpc) is 2.52. The maximum atomic E-state index is 6.27. The van der Waals surface area contributed by atoms with Gasteiger partial charge in [-0.25, -0.2) is 0 Å². The van der Waals surface area contributed by atoms with Crippen LogP contribution in [-0.4, -0.2) is 14.9 Å². The molecule has 0 spiro atoms. The summed E-state index contributed by atoms with van der Waals surface area (Å²) in [4.78, 5) is 0. The molecule has 1 nitrogen and oxygen atoms in total. The van der Waals surface area contributed by atoms with Crippen LogP contribution >= 0.6 is 0 Å². The molecule has 0 fully saturated rings. The van der Waals surface area contributed by atoms with Crippen LogP contribution in [0.1, 0.15) is 59.3 Å². The zero-order valence-electron chi connectivity index (χ0n) is 13.4. The van der Waals surface area contributed by atoms with Crippen LogP contribution in [-0.2, 0) is 4.43 Å². The number of hydrogen-bond acceptors (Lipinski definition) is 1. The van der Waals surface area contributed by atoms with E-state index in [4.69, 9.17) is 10.8 Å². The molecule has 0 saturated heterocycles. The molecule has 0 aromatic rings. The Labute approximate surface area is 120 Å². The van der Waals surface area contributed by atoms with Crippen LogP contribution in [0.25, 0.3) is 0 Å². The molecule has 2 heteroatoms. The molecule has 1 aliphatic carbocycles. The quantitative estimate of drug-likeness (QED) is 0.501. The predicted molar refractivity (Wildman–Crippen MR) is 86.7 cm³/mol. The Kier molecular flexibility index (Phi) is 5.89. The van der Waals surface area contributed by atoms with E-state index in [9.17, 15) is 0 Å². The number of terminal acetylenes is 1. The van der Waals surface area contributed by atoms with Crippen LogP contribution in [0, 0.1) is 12.3 Å². The highest BCUT2D eigenvalue weighted by molar-refractivity contribution is 6.74. The Morgan fingerprint density at radius 1 is 1.16 bits per heavy atom. The van der Waals surface area contributed by atoms with E-state index in [2.05, 4.69) is 39.8 Å². The lowest BCUT2D eigenvalue weighted by Crippen LogP contribution is -2.41. The Hall–Kier alpha value is -0.523. The number of hydrogen-bond donors (Lipinski definition) is 0. The third kappa shape index (κ3) is 4.82. The van der Waals surface area contributed by atoms with Crippen LogP contribution in [0.15, 0.2) is 11.1 Å². The van der Waals surface area contributed by atoms with Gasteiger partial charge in [0, 0.05) is 12.2 Å². The Bertz CT molecular complexity index is 366. The highest BCUT2D eigenvalue weighted by Crippen LogP contribution is 2.37. The molecule has 0 heterocycles. The third-order valence-electron chi connectivity index (χ3n) is 4.68. The van der Waals surface area contributed by atoms with E-state index in [0.717, 1.165) is 19.4 Å². The minimum Gasteiger partial charge on any atom is -0.417 e. The molecule has 1 rings (SSSR count). The fourth-order valence-corrected chi connectivity index (χ4v) is 3.29. The second-order valence-electron chi connectivity index (χ2n) is 7.15. The zero-order valence-corrected chi connectivity index (χ0v) is 14.4. The van der Waals surface area contributed by atoms with Gasteiger partial charge in [-0.15, -0.1) is 6.42 Å². The molecular formula is C17H30OSi. The Morgan fingerprint density at radius 3 is 2.37 bits per heavy atom. The molecule has 0 N–H and O–H groups in total. The fourth-order valence-electron chi connectivity index (χ4n) is 2.24.